The van der Waals surface area contributed by atoms with Crippen LogP contribution in [0.15, 0.2) is 213 Å². The first kappa shape index (κ1) is 34.5. The predicted molar refractivity (Wildman–Crippen MR) is 271 cm³/mol. The summed E-state index contributed by atoms with van der Waals surface area (Å²) in [6, 6.07) is 71.6. The first-order valence-electron chi connectivity index (χ1n) is 22.4. The lowest BCUT2D eigenvalue weighted by molar-refractivity contribution is 0.669. The monoisotopic (exact) mass is 843 g/mol. The third kappa shape index (κ3) is 4.40. The number of hydrogen-bond donors (Lipinski definition) is 0. The van der Waals surface area contributed by atoms with E-state index in [-0.39, 0.29) is 0 Å². The van der Waals surface area contributed by atoms with Gasteiger partial charge >= 0.3 is 0 Å². The fourth-order valence-electron chi connectivity index (χ4n) is 11.4. The molecule has 0 fully saturated rings. The van der Waals surface area contributed by atoms with Gasteiger partial charge in [0, 0.05) is 82.4 Å². The Kier molecular flexibility index (Phi) is 6.47. The predicted octanol–water partition coefficient (Wildman–Crippen LogP) is 16.7. The fraction of sp³-hybridized carbons (Fsp3) is 0. The van der Waals surface area contributed by atoms with Gasteiger partial charge in [0.25, 0.3) is 0 Å². The first-order chi connectivity index (χ1) is 32.7. The van der Waals surface area contributed by atoms with Crippen molar-refractivity contribution in [1.82, 2.24) is 13.7 Å². The summed E-state index contributed by atoms with van der Waals surface area (Å²) >= 11 is 0. The highest BCUT2D eigenvalue weighted by atomic mass is 16.3. The lowest BCUT2D eigenvalue weighted by Crippen LogP contribution is -1.95. The van der Waals surface area contributed by atoms with Crippen molar-refractivity contribution in [3.05, 3.63) is 200 Å². The number of benzene rings is 10. The molecule has 306 valence electrons. The zero-order valence-corrected chi connectivity index (χ0v) is 35.1. The molecule has 0 atom stereocenters. The van der Waals surface area contributed by atoms with Crippen molar-refractivity contribution in [1.29, 1.82) is 0 Å². The van der Waals surface area contributed by atoms with Crippen LogP contribution in [0.25, 0.3) is 148 Å². The molecule has 0 saturated carbocycles. The van der Waals surface area contributed by atoms with Crippen LogP contribution < -0.4 is 0 Å². The minimum absolute atomic E-state index is 0.843. The second kappa shape index (κ2) is 12.4. The van der Waals surface area contributed by atoms with Crippen molar-refractivity contribution in [2.75, 3.05) is 0 Å². The maximum Gasteiger partial charge on any atom is 0.160 e. The van der Waals surface area contributed by atoms with E-state index in [2.05, 4.69) is 202 Å². The van der Waals surface area contributed by atoms with Crippen LogP contribution in [0.1, 0.15) is 0 Å². The van der Waals surface area contributed by atoms with Gasteiger partial charge in [-0.25, -0.2) is 0 Å². The number of fused-ring (bicyclic) bond motifs is 20. The molecule has 0 spiro atoms. The van der Waals surface area contributed by atoms with E-state index in [1.165, 1.54) is 5.39 Å². The van der Waals surface area contributed by atoms with Gasteiger partial charge in [-0.05, 0) is 97.1 Å². The quantitative estimate of drug-likeness (QED) is 0.178. The van der Waals surface area contributed by atoms with E-state index >= 15 is 0 Å². The van der Waals surface area contributed by atoms with Crippen LogP contribution in [0, 0.1) is 0 Å². The van der Waals surface area contributed by atoms with E-state index in [0.29, 0.717) is 0 Å². The van der Waals surface area contributed by atoms with Crippen molar-refractivity contribution < 1.29 is 13.3 Å². The van der Waals surface area contributed by atoms with Gasteiger partial charge in [-0.3, -0.25) is 0 Å². The molecule has 16 aromatic rings. The van der Waals surface area contributed by atoms with Crippen molar-refractivity contribution in [3.8, 4) is 17.1 Å². The largest absolute Gasteiger partial charge is 0.456 e. The van der Waals surface area contributed by atoms with E-state index in [1.54, 1.807) is 0 Å². The molecule has 16 rings (SSSR count). The molecule has 0 N–H and O–H groups in total. The van der Waals surface area contributed by atoms with Crippen LogP contribution in [0.2, 0.25) is 0 Å². The Morgan fingerprint density at radius 1 is 0.242 bits per heavy atom. The minimum atomic E-state index is 0.843. The van der Waals surface area contributed by atoms with Crippen molar-refractivity contribution in [2.45, 2.75) is 0 Å². The van der Waals surface area contributed by atoms with Crippen LogP contribution >= 0.6 is 0 Å². The van der Waals surface area contributed by atoms with Crippen LogP contribution in [0.3, 0.4) is 0 Å². The van der Waals surface area contributed by atoms with Gasteiger partial charge in [0.15, 0.2) is 5.58 Å². The average Bonchev–Trinajstić information content (AvgIpc) is 4.21. The molecule has 0 saturated heterocycles. The SMILES string of the molecule is c1ccc(-n2c3ccc(-n4c5ccccc5c5ccc6c7ccccc7oc6c54)cc3c3cc4c(cc32)oc2ccc(-n3c5ccccc5c5c6oc7ccccc7c6ccc53)cc24)cc1. The van der Waals surface area contributed by atoms with E-state index in [4.69, 9.17) is 13.3 Å². The van der Waals surface area contributed by atoms with Crippen molar-refractivity contribution in [3.63, 3.8) is 0 Å². The summed E-state index contributed by atoms with van der Waals surface area (Å²) in [7, 11) is 0. The molecule has 10 aromatic carbocycles. The molecule has 6 nitrogen and oxygen atoms in total. The Bertz CT molecular complexity index is 4760. The second-order valence-electron chi connectivity index (χ2n) is 17.6. The zero-order chi connectivity index (χ0) is 42.8. The molecule has 0 radical (unpaired) electrons. The Hall–Kier alpha value is -9.00. The van der Waals surface area contributed by atoms with E-state index < -0.39 is 0 Å². The highest BCUT2D eigenvalue weighted by Gasteiger charge is 2.23. The summed E-state index contributed by atoms with van der Waals surface area (Å²) in [6.07, 6.45) is 0. The number of aromatic nitrogens is 3. The Balaban J connectivity index is 0.967. The number of rotatable bonds is 3. The highest BCUT2D eigenvalue weighted by Crippen LogP contribution is 2.45. The van der Waals surface area contributed by atoms with E-state index in [0.717, 1.165) is 143 Å². The third-order valence-electron chi connectivity index (χ3n) is 14.2. The molecule has 66 heavy (non-hydrogen) atoms. The zero-order valence-electron chi connectivity index (χ0n) is 35.1. The fourth-order valence-corrected chi connectivity index (χ4v) is 11.4. The Morgan fingerprint density at radius 2 is 0.773 bits per heavy atom. The normalized spacial score (nSPS) is 12.5. The summed E-state index contributed by atoms with van der Waals surface area (Å²) in [4.78, 5) is 0. The van der Waals surface area contributed by atoms with Gasteiger partial charge in [-0.2, -0.15) is 0 Å². The van der Waals surface area contributed by atoms with Crippen LogP contribution in [0.4, 0.5) is 0 Å². The summed E-state index contributed by atoms with van der Waals surface area (Å²) in [5.41, 5.74) is 15.1. The van der Waals surface area contributed by atoms with Gasteiger partial charge in [-0.1, -0.05) is 97.1 Å². The van der Waals surface area contributed by atoms with Gasteiger partial charge in [-0.15, -0.1) is 0 Å². The topological polar surface area (TPSA) is 54.2 Å². The van der Waals surface area contributed by atoms with E-state index in [1.807, 2.05) is 12.1 Å². The number of nitrogens with zero attached hydrogens (tertiary/aromatic N) is 3. The molecular formula is C60H33N3O3. The Morgan fingerprint density at radius 3 is 1.59 bits per heavy atom. The number of para-hydroxylation sites is 5. The Labute approximate surface area is 373 Å². The first-order valence-corrected chi connectivity index (χ1v) is 22.4. The summed E-state index contributed by atoms with van der Waals surface area (Å²) in [5, 5.41) is 13.5. The molecule has 0 aliphatic carbocycles. The molecular weight excluding hydrogens is 811 g/mol. The van der Waals surface area contributed by atoms with Gasteiger partial charge in [0.05, 0.1) is 38.5 Å². The second-order valence-corrected chi connectivity index (χ2v) is 17.6. The average molecular weight is 844 g/mol. The number of hydrogen-bond acceptors (Lipinski definition) is 3. The summed E-state index contributed by atoms with van der Waals surface area (Å²) < 4.78 is 27.3. The third-order valence-corrected chi connectivity index (χ3v) is 14.2. The molecule has 6 heteroatoms. The molecule has 0 unspecified atom stereocenters. The van der Waals surface area contributed by atoms with Crippen molar-refractivity contribution in [2.24, 2.45) is 0 Å². The maximum atomic E-state index is 6.78. The smallest absolute Gasteiger partial charge is 0.160 e. The molecule has 0 aliphatic rings. The lowest BCUT2D eigenvalue weighted by atomic mass is 10.1. The van der Waals surface area contributed by atoms with Crippen LogP contribution in [-0.2, 0) is 0 Å². The summed E-state index contributed by atoms with van der Waals surface area (Å²) in [6.45, 7) is 0. The van der Waals surface area contributed by atoms with Gasteiger partial charge < -0.3 is 27.0 Å². The molecule has 0 aliphatic heterocycles. The number of furan rings is 3. The van der Waals surface area contributed by atoms with Gasteiger partial charge in [0.2, 0.25) is 0 Å². The highest BCUT2D eigenvalue weighted by molar-refractivity contribution is 6.25. The molecule has 0 bridgehead atoms. The van der Waals surface area contributed by atoms with Gasteiger partial charge in [0.1, 0.15) is 27.9 Å². The van der Waals surface area contributed by atoms with E-state index in [9.17, 15) is 0 Å². The maximum absolute atomic E-state index is 6.78. The molecule has 6 heterocycles. The minimum Gasteiger partial charge on any atom is -0.456 e. The molecule has 6 aromatic heterocycles. The van der Waals surface area contributed by atoms with Crippen LogP contribution in [0.5, 0.6) is 0 Å². The molecule has 0 amide bonds. The standard InChI is InChI=1S/C60H33N3O3/c1-2-12-34(13-3-1)61-50-27-22-36(63-48-18-8-4-14-37(48)40-24-25-42-39-16-7-11-21-54(39)66-60(42)58(40)63)30-44(50)45-32-47-46-31-35(23-29-55(46)64-56(47)33-52(45)61)62-49-19-9-5-17-43(49)57-51(62)28-26-41-38-15-6-10-20-53(38)65-59(41)57/h1-33H. The van der Waals surface area contributed by atoms with Crippen LogP contribution in [-0.4, -0.2) is 13.7 Å². The van der Waals surface area contributed by atoms with Crippen molar-refractivity contribution >= 4 is 131 Å². The lowest BCUT2D eigenvalue weighted by Gasteiger charge is -2.10. The summed E-state index contributed by atoms with van der Waals surface area (Å²) in [5.74, 6) is 0.